The first kappa shape index (κ1) is 18.2. The molecule has 1 aromatic rings. The summed E-state index contributed by atoms with van der Waals surface area (Å²) in [4.78, 5) is 23.2. The molecule has 0 saturated heterocycles. The Hall–Kier alpha value is -2.15. The molecule has 146 valence electrons. The second-order valence-corrected chi connectivity index (χ2v) is 8.69. The second kappa shape index (κ2) is 6.78. The van der Waals surface area contributed by atoms with Crippen molar-refractivity contribution < 1.29 is 14.5 Å². The van der Waals surface area contributed by atoms with E-state index in [0.717, 1.165) is 17.8 Å². The molecule has 0 radical (unpaired) electrons. The highest BCUT2D eigenvalue weighted by Crippen LogP contribution is 2.55. The van der Waals surface area contributed by atoms with Gasteiger partial charge in [-0.25, -0.2) is 0 Å². The zero-order valence-electron chi connectivity index (χ0n) is 15.9. The van der Waals surface area contributed by atoms with Gasteiger partial charge in [0.2, 0.25) is 5.91 Å². The molecule has 7 nitrogen and oxygen atoms in total. The molecule has 1 aromatic carbocycles. The Labute approximate surface area is 159 Å². The summed E-state index contributed by atoms with van der Waals surface area (Å²) in [5.74, 6) is 2.59. The van der Waals surface area contributed by atoms with Gasteiger partial charge in [0.1, 0.15) is 5.75 Å². The van der Waals surface area contributed by atoms with Crippen molar-refractivity contribution in [2.24, 2.45) is 17.8 Å². The maximum absolute atomic E-state index is 12.8. The average molecular weight is 373 g/mol. The maximum atomic E-state index is 12.8. The number of non-ortho nitro benzene ring substituents is 1. The number of carbonyl (C=O) groups excluding carboxylic acids is 1. The van der Waals surface area contributed by atoms with Gasteiger partial charge >= 0.3 is 0 Å². The zero-order chi connectivity index (χ0) is 19.2. The lowest BCUT2D eigenvalue weighted by atomic mass is 9.53. The fourth-order valence-corrected chi connectivity index (χ4v) is 5.95. The van der Waals surface area contributed by atoms with Gasteiger partial charge in [-0.1, -0.05) is 0 Å². The van der Waals surface area contributed by atoms with Gasteiger partial charge in [0.15, 0.2) is 0 Å². The number of carbonyl (C=O) groups is 1. The predicted molar refractivity (Wildman–Crippen MR) is 102 cm³/mol. The summed E-state index contributed by atoms with van der Waals surface area (Å²) in [5.41, 5.74) is 0.488. The van der Waals surface area contributed by atoms with Crippen molar-refractivity contribution in [1.29, 1.82) is 0 Å². The SMILES string of the molecule is COc1cc([N+](=O)[O-])ccc1NC(=O)[C@@H](C)NC12CC3CC(CC(C3)C1)C2. The summed E-state index contributed by atoms with van der Waals surface area (Å²) >= 11 is 0. The van der Waals surface area contributed by atoms with Crippen LogP contribution >= 0.6 is 0 Å². The first-order valence-electron chi connectivity index (χ1n) is 9.78. The Kier molecular flexibility index (Phi) is 4.58. The van der Waals surface area contributed by atoms with E-state index in [-0.39, 0.29) is 23.2 Å². The third-order valence-electron chi connectivity index (χ3n) is 6.61. The molecular weight excluding hydrogens is 346 g/mol. The minimum absolute atomic E-state index is 0.0652. The summed E-state index contributed by atoms with van der Waals surface area (Å²) in [7, 11) is 1.44. The van der Waals surface area contributed by atoms with E-state index in [4.69, 9.17) is 4.74 Å². The lowest BCUT2D eigenvalue weighted by molar-refractivity contribution is -0.384. The van der Waals surface area contributed by atoms with E-state index in [1.807, 2.05) is 6.92 Å². The summed E-state index contributed by atoms with van der Waals surface area (Å²) in [6.07, 6.45) is 7.62. The van der Waals surface area contributed by atoms with Crippen LogP contribution in [0.1, 0.15) is 45.4 Å². The van der Waals surface area contributed by atoms with E-state index in [0.29, 0.717) is 11.4 Å². The molecule has 4 bridgehead atoms. The summed E-state index contributed by atoms with van der Waals surface area (Å²) in [5, 5.41) is 17.4. The minimum Gasteiger partial charge on any atom is -0.494 e. The highest BCUT2D eigenvalue weighted by Gasteiger charge is 2.51. The van der Waals surface area contributed by atoms with E-state index in [2.05, 4.69) is 10.6 Å². The molecule has 0 unspecified atom stereocenters. The molecule has 0 aliphatic heterocycles. The van der Waals surface area contributed by atoms with Crippen LogP contribution in [-0.4, -0.2) is 29.5 Å². The molecule has 0 spiro atoms. The van der Waals surface area contributed by atoms with Crippen LogP contribution in [0, 0.1) is 27.9 Å². The Balaban J connectivity index is 1.43. The number of nitrogens with zero attached hydrogens (tertiary/aromatic N) is 1. The third-order valence-corrected chi connectivity index (χ3v) is 6.61. The first-order chi connectivity index (χ1) is 12.9. The highest BCUT2D eigenvalue weighted by atomic mass is 16.6. The standard InChI is InChI=1S/C20H27N3O4/c1-12(22-20-9-13-5-14(10-20)7-15(6-13)11-20)19(24)21-17-4-3-16(23(25)26)8-18(17)27-2/h3-4,8,12-15,22H,5-7,9-11H2,1-2H3,(H,21,24)/t12-,13?,14?,15?,20?/m1/s1. The van der Waals surface area contributed by atoms with Crippen molar-refractivity contribution in [3.63, 3.8) is 0 Å². The van der Waals surface area contributed by atoms with E-state index < -0.39 is 4.92 Å². The number of anilines is 1. The summed E-state index contributed by atoms with van der Waals surface area (Å²) in [6, 6.07) is 3.88. The van der Waals surface area contributed by atoms with Crippen molar-refractivity contribution in [3.8, 4) is 5.75 Å². The van der Waals surface area contributed by atoms with Crippen molar-refractivity contribution in [3.05, 3.63) is 28.3 Å². The number of nitro benzene ring substituents is 1. The Morgan fingerprint density at radius 1 is 1.22 bits per heavy atom. The van der Waals surface area contributed by atoms with Gasteiger partial charge in [-0.3, -0.25) is 14.9 Å². The van der Waals surface area contributed by atoms with Gasteiger partial charge in [0.05, 0.1) is 29.8 Å². The fraction of sp³-hybridized carbons (Fsp3) is 0.650. The quantitative estimate of drug-likeness (QED) is 0.588. The summed E-state index contributed by atoms with van der Waals surface area (Å²) in [6.45, 7) is 1.89. The van der Waals surface area contributed by atoms with E-state index in [1.54, 1.807) is 0 Å². The minimum atomic E-state index is -0.481. The Morgan fingerprint density at radius 3 is 2.33 bits per heavy atom. The largest absolute Gasteiger partial charge is 0.494 e. The number of benzene rings is 1. The van der Waals surface area contributed by atoms with Crippen molar-refractivity contribution in [1.82, 2.24) is 5.32 Å². The van der Waals surface area contributed by atoms with Crippen molar-refractivity contribution >= 4 is 17.3 Å². The van der Waals surface area contributed by atoms with E-state index >= 15 is 0 Å². The third kappa shape index (κ3) is 3.52. The number of nitro groups is 1. The normalized spacial score (nSPS) is 32.1. The molecular formula is C20H27N3O4. The van der Waals surface area contributed by atoms with Crippen LogP contribution in [0.5, 0.6) is 5.75 Å². The molecule has 7 heteroatoms. The van der Waals surface area contributed by atoms with Crippen LogP contribution in [0.2, 0.25) is 0 Å². The van der Waals surface area contributed by atoms with Gasteiger partial charge < -0.3 is 15.4 Å². The van der Waals surface area contributed by atoms with Crippen LogP contribution in [0.15, 0.2) is 18.2 Å². The van der Waals surface area contributed by atoms with Gasteiger partial charge in [-0.05, 0) is 69.3 Å². The van der Waals surface area contributed by atoms with Gasteiger partial charge in [-0.15, -0.1) is 0 Å². The molecule has 27 heavy (non-hydrogen) atoms. The van der Waals surface area contributed by atoms with Crippen LogP contribution in [0.3, 0.4) is 0 Å². The van der Waals surface area contributed by atoms with E-state index in [9.17, 15) is 14.9 Å². The van der Waals surface area contributed by atoms with Gasteiger partial charge in [-0.2, -0.15) is 0 Å². The number of rotatable bonds is 6. The van der Waals surface area contributed by atoms with Crippen LogP contribution < -0.4 is 15.4 Å². The number of ether oxygens (including phenoxy) is 1. The lowest BCUT2D eigenvalue weighted by Gasteiger charge is -2.57. The lowest BCUT2D eigenvalue weighted by Crippen LogP contribution is -2.62. The Bertz CT molecular complexity index is 728. The van der Waals surface area contributed by atoms with E-state index in [1.165, 1.54) is 63.8 Å². The smallest absolute Gasteiger partial charge is 0.273 e. The average Bonchev–Trinajstić information content (AvgIpc) is 2.60. The highest BCUT2D eigenvalue weighted by molar-refractivity contribution is 5.96. The first-order valence-corrected chi connectivity index (χ1v) is 9.78. The fourth-order valence-electron chi connectivity index (χ4n) is 5.95. The molecule has 0 heterocycles. The molecule has 5 rings (SSSR count). The maximum Gasteiger partial charge on any atom is 0.273 e. The topological polar surface area (TPSA) is 93.5 Å². The molecule has 1 amide bonds. The van der Waals surface area contributed by atoms with Crippen LogP contribution in [0.4, 0.5) is 11.4 Å². The molecule has 1 atom stereocenters. The summed E-state index contributed by atoms with van der Waals surface area (Å²) < 4.78 is 5.21. The molecule has 2 N–H and O–H groups in total. The number of hydrogen-bond donors (Lipinski definition) is 2. The zero-order valence-corrected chi connectivity index (χ0v) is 15.9. The number of amides is 1. The molecule has 4 aliphatic carbocycles. The van der Waals surface area contributed by atoms with Crippen LogP contribution in [-0.2, 0) is 4.79 Å². The van der Waals surface area contributed by atoms with Crippen molar-refractivity contribution in [2.75, 3.05) is 12.4 Å². The van der Waals surface area contributed by atoms with Gasteiger partial charge in [0, 0.05) is 11.6 Å². The monoisotopic (exact) mass is 373 g/mol. The van der Waals surface area contributed by atoms with Crippen LogP contribution in [0.25, 0.3) is 0 Å². The van der Waals surface area contributed by atoms with Gasteiger partial charge in [0.25, 0.3) is 5.69 Å². The Morgan fingerprint density at radius 2 is 1.81 bits per heavy atom. The molecule has 4 fully saturated rings. The number of methoxy groups -OCH3 is 1. The number of nitrogens with one attached hydrogen (secondary N) is 2. The second-order valence-electron chi connectivity index (χ2n) is 8.69. The predicted octanol–water partition coefficient (Wildman–Crippen LogP) is 3.49. The molecule has 0 aromatic heterocycles. The molecule has 4 aliphatic rings. The van der Waals surface area contributed by atoms with Crippen molar-refractivity contribution in [2.45, 2.75) is 57.0 Å². The molecule has 4 saturated carbocycles. The number of hydrogen-bond acceptors (Lipinski definition) is 5.